The van der Waals surface area contributed by atoms with Crippen LogP contribution in [0.15, 0.2) is 82.6 Å². The Balaban J connectivity index is 1.34. The molecule has 51 heavy (non-hydrogen) atoms. The van der Waals surface area contributed by atoms with Gasteiger partial charge in [0.25, 0.3) is 0 Å². The second-order valence-electron chi connectivity index (χ2n) is 16.0. The zero-order valence-electron chi connectivity index (χ0n) is 31.1. The highest BCUT2D eigenvalue weighted by atomic mass is 35.5. The molecular formula is C39H51ClNO8PS. The molecule has 9 nitrogen and oxygen atoms in total. The number of phosphoric acid groups is 1. The standard InChI is InChI=1S/C39H51ClNO8PS/c1-35(2,3)47-34(42)41-38(8,9)45-26-39(41,27-46-50(43)48-36(4,5)25-37(6,7)49-50)21-20-29-18-19-32(23-33(29)40)51-31-17-13-16-30(22-31)44-24-28-14-11-10-12-15-28/h10-19,22-23H,20-21,24-27H2,1-9H3/t39-/m1/s1. The summed E-state index contributed by atoms with van der Waals surface area (Å²) in [7, 11) is -4.03. The first-order chi connectivity index (χ1) is 23.7. The molecule has 2 aliphatic heterocycles. The average molecular weight is 760 g/mol. The van der Waals surface area contributed by atoms with Crippen LogP contribution >= 0.6 is 31.2 Å². The lowest BCUT2D eigenvalue weighted by Gasteiger charge is -2.45. The van der Waals surface area contributed by atoms with E-state index in [0.717, 1.165) is 26.7 Å². The van der Waals surface area contributed by atoms with Gasteiger partial charge in [0.2, 0.25) is 0 Å². The Morgan fingerprint density at radius 2 is 1.59 bits per heavy atom. The smallest absolute Gasteiger partial charge is 0.475 e. The number of benzene rings is 3. The summed E-state index contributed by atoms with van der Waals surface area (Å²) in [6.45, 7) is 16.9. The van der Waals surface area contributed by atoms with Crippen molar-refractivity contribution in [1.29, 1.82) is 0 Å². The minimum absolute atomic E-state index is 0.111. The highest BCUT2D eigenvalue weighted by molar-refractivity contribution is 7.99. The molecule has 2 fully saturated rings. The fourth-order valence-electron chi connectivity index (χ4n) is 6.73. The van der Waals surface area contributed by atoms with Gasteiger partial charge in [-0.3, -0.25) is 18.5 Å². The molecule has 0 bridgehead atoms. The number of ether oxygens (including phenoxy) is 3. The normalized spacial score (nSPS) is 22.0. The van der Waals surface area contributed by atoms with E-state index in [2.05, 4.69) is 0 Å². The van der Waals surface area contributed by atoms with Crippen LogP contribution in [0.1, 0.15) is 86.3 Å². The molecule has 5 rings (SSSR count). The van der Waals surface area contributed by atoms with Gasteiger partial charge in [0.05, 0.1) is 30.0 Å². The number of hydrogen-bond donors (Lipinski definition) is 0. The molecule has 3 aromatic carbocycles. The number of rotatable bonds is 11. The first kappa shape index (κ1) is 39.6. The Morgan fingerprint density at radius 3 is 2.24 bits per heavy atom. The van der Waals surface area contributed by atoms with Crippen molar-refractivity contribution in [3.8, 4) is 5.75 Å². The second-order valence-corrected chi connectivity index (χ2v) is 19.1. The second kappa shape index (κ2) is 15.1. The third kappa shape index (κ3) is 10.5. The summed E-state index contributed by atoms with van der Waals surface area (Å²) >= 11 is 8.50. The van der Waals surface area contributed by atoms with Crippen LogP contribution in [0.25, 0.3) is 0 Å². The fraction of sp³-hybridized carbons (Fsp3) is 0.513. The molecule has 0 spiro atoms. The molecule has 278 valence electrons. The summed E-state index contributed by atoms with van der Waals surface area (Å²) in [4.78, 5) is 17.4. The largest absolute Gasteiger partial charge is 0.489 e. The van der Waals surface area contributed by atoms with E-state index in [9.17, 15) is 9.36 Å². The van der Waals surface area contributed by atoms with Crippen molar-refractivity contribution in [2.24, 2.45) is 0 Å². The number of nitrogens with zero attached hydrogens (tertiary/aromatic N) is 1. The van der Waals surface area contributed by atoms with Crippen molar-refractivity contribution in [2.75, 3.05) is 13.2 Å². The van der Waals surface area contributed by atoms with Gasteiger partial charge in [0.1, 0.15) is 23.7 Å². The number of amides is 1. The zero-order chi connectivity index (χ0) is 37.3. The highest BCUT2D eigenvalue weighted by Crippen LogP contribution is 2.61. The molecule has 0 saturated carbocycles. The van der Waals surface area contributed by atoms with E-state index >= 15 is 0 Å². The molecule has 12 heteroatoms. The van der Waals surface area contributed by atoms with Gasteiger partial charge in [-0.25, -0.2) is 9.36 Å². The Morgan fingerprint density at radius 1 is 0.922 bits per heavy atom. The molecule has 1 atom stereocenters. The fourth-order valence-corrected chi connectivity index (χ4v) is 9.85. The van der Waals surface area contributed by atoms with Gasteiger partial charge in [-0.05, 0) is 117 Å². The first-order valence-electron chi connectivity index (χ1n) is 17.2. The van der Waals surface area contributed by atoms with Crippen LogP contribution in [0.3, 0.4) is 0 Å². The van der Waals surface area contributed by atoms with Crippen molar-refractivity contribution in [2.45, 2.75) is 126 Å². The molecule has 3 aromatic rings. The summed E-state index contributed by atoms with van der Waals surface area (Å²) in [5.41, 5.74) is -2.40. The van der Waals surface area contributed by atoms with E-state index in [0.29, 0.717) is 30.9 Å². The van der Waals surface area contributed by atoms with Crippen molar-refractivity contribution in [3.63, 3.8) is 0 Å². The minimum Gasteiger partial charge on any atom is -0.489 e. The van der Waals surface area contributed by atoms with E-state index in [-0.39, 0.29) is 13.2 Å². The lowest BCUT2D eigenvalue weighted by atomic mass is 9.91. The quantitative estimate of drug-likeness (QED) is 0.177. The number of phosphoric ester groups is 1. The van der Waals surface area contributed by atoms with E-state index in [1.54, 1.807) is 30.5 Å². The minimum atomic E-state index is -4.03. The van der Waals surface area contributed by atoms with Gasteiger partial charge in [0, 0.05) is 21.2 Å². The molecule has 0 N–H and O–H groups in total. The molecule has 0 aliphatic carbocycles. The van der Waals surface area contributed by atoms with Gasteiger partial charge in [-0.15, -0.1) is 0 Å². The van der Waals surface area contributed by atoms with E-state index in [1.165, 1.54) is 0 Å². The molecule has 1 amide bonds. The Kier molecular flexibility index (Phi) is 11.7. The average Bonchev–Trinajstić information content (AvgIpc) is 3.27. The van der Waals surface area contributed by atoms with E-state index < -0.39 is 42.0 Å². The van der Waals surface area contributed by atoms with Crippen molar-refractivity contribution >= 4 is 37.3 Å². The number of aryl methyl sites for hydroxylation is 1. The third-order valence-corrected chi connectivity index (χ3v) is 11.7. The molecule has 2 heterocycles. The molecule has 2 aliphatic rings. The van der Waals surface area contributed by atoms with Crippen molar-refractivity contribution < 1.29 is 37.1 Å². The molecular weight excluding hydrogens is 709 g/mol. The maximum absolute atomic E-state index is 14.0. The van der Waals surface area contributed by atoms with Crippen LogP contribution in [-0.4, -0.2) is 52.3 Å². The Labute approximate surface area is 312 Å². The maximum Gasteiger partial charge on any atom is 0.475 e. The number of carbonyl (C=O) groups is 1. The van der Waals surface area contributed by atoms with E-state index in [1.807, 2.05) is 121 Å². The molecule has 0 unspecified atom stereocenters. The van der Waals surface area contributed by atoms with Crippen LogP contribution in [0, 0.1) is 0 Å². The maximum atomic E-state index is 14.0. The lowest BCUT2D eigenvalue weighted by Crippen LogP contribution is -2.59. The summed E-state index contributed by atoms with van der Waals surface area (Å²) in [5, 5.41) is 0.588. The Hall–Kier alpha value is -2.56. The molecule has 0 aromatic heterocycles. The Bertz CT molecular complexity index is 1720. The number of halogens is 1. The third-order valence-electron chi connectivity index (χ3n) is 8.52. The van der Waals surface area contributed by atoms with E-state index in [4.69, 9.17) is 39.4 Å². The zero-order valence-corrected chi connectivity index (χ0v) is 33.6. The summed E-state index contributed by atoms with van der Waals surface area (Å²) in [6.07, 6.45) is 0.803. The van der Waals surface area contributed by atoms with Crippen LogP contribution < -0.4 is 4.74 Å². The van der Waals surface area contributed by atoms with Gasteiger partial charge in [-0.1, -0.05) is 65.8 Å². The van der Waals surface area contributed by atoms with Crippen LogP contribution in [0.5, 0.6) is 5.75 Å². The summed E-state index contributed by atoms with van der Waals surface area (Å²) in [5.74, 6) is 0.786. The molecule has 2 saturated heterocycles. The van der Waals surface area contributed by atoms with Crippen molar-refractivity contribution in [3.05, 3.63) is 88.9 Å². The summed E-state index contributed by atoms with van der Waals surface area (Å²) in [6, 6.07) is 24.0. The summed E-state index contributed by atoms with van der Waals surface area (Å²) < 4.78 is 50.1. The lowest BCUT2D eigenvalue weighted by molar-refractivity contribution is -0.100. The number of hydrogen-bond acceptors (Lipinski definition) is 9. The monoisotopic (exact) mass is 759 g/mol. The predicted octanol–water partition coefficient (Wildman–Crippen LogP) is 10.9. The SMILES string of the molecule is CC(C)(C)OC(=O)N1C(C)(C)OC[C@]1(CCc1ccc(Sc2cccc(OCc3ccccc3)c2)cc1Cl)COP1(=O)OC(C)(C)CC(C)(C)O1. The van der Waals surface area contributed by atoms with Crippen LogP contribution in [-0.2, 0) is 40.6 Å². The van der Waals surface area contributed by atoms with Crippen LogP contribution in [0.4, 0.5) is 4.79 Å². The predicted molar refractivity (Wildman–Crippen MR) is 200 cm³/mol. The van der Waals surface area contributed by atoms with Gasteiger partial charge in [-0.2, -0.15) is 0 Å². The first-order valence-corrected chi connectivity index (χ1v) is 19.9. The number of carbonyl (C=O) groups excluding carboxylic acids is 1. The van der Waals surface area contributed by atoms with Crippen LogP contribution in [0.2, 0.25) is 5.02 Å². The van der Waals surface area contributed by atoms with Gasteiger partial charge < -0.3 is 14.2 Å². The van der Waals surface area contributed by atoms with Gasteiger partial charge >= 0.3 is 13.9 Å². The molecule has 0 radical (unpaired) electrons. The van der Waals surface area contributed by atoms with Crippen molar-refractivity contribution in [1.82, 2.24) is 4.90 Å². The topological polar surface area (TPSA) is 92.8 Å². The highest BCUT2D eigenvalue weighted by Gasteiger charge is 2.57. The van der Waals surface area contributed by atoms with Gasteiger partial charge in [0.15, 0.2) is 0 Å².